The number of aryl methyl sites for hydroxylation is 1. The van der Waals surface area contributed by atoms with Crippen molar-refractivity contribution in [3.8, 4) is 12.3 Å². The summed E-state index contributed by atoms with van der Waals surface area (Å²) in [7, 11) is 0. The Hall–Kier alpha value is -1.52. The topological polar surface area (TPSA) is 3.24 Å². The molecule has 25 heavy (non-hydrogen) atoms. The van der Waals surface area contributed by atoms with Gasteiger partial charge in [0, 0.05) is 0 Å². The number of hydrogen-bond donors (Lipinski definition) is 0. The van der Waals surface area contributed by atoms with Gasteiger partial charge in [0.05, 0.1) is 6.04 Å². The van der Waals surface area contributed by atoms with Crippen molar-refractivity contribution in [2.75, 3.05) is 13.1 Å². The zero-order valence-electron chi connectivity index (χ0n) is 16.7. The first-order valence-electron chi connectivity index (χ1n) is 10.1. The lowest BCUT2D eigenvalue weighted by atomic mass is 9.95. The highest BCUT2D eigenvalue weighted by Crippen LogP contribution is 2.24. The van der Waals surface area contributed by atoms with E-state index in [0.717, 1.165) is 18.7 Å². The lowest BCUT2D eigenvalue weighted by molar-refractivity contribution is 0.257. The first kappa shape index (κ1) is 21.5. The molecule has 0 aliphatic heterocycles. The molecule has 0 spiro atoms. The third-order valence-corrected chi connectivity index (χ3v) is 4.94. The average Bonchev–Trinajstić information content (AvgIpc) is 2.62. The van der Waals surface area contributed by atoms with Crippen LogP contribution in [0.3, 0.4) is 0 Å². The smallest absolute Gasteiger partial charge is 0.0968 e. The van der Waals surface area contributed by atoms with Crippen LogP contribution in [0.1, 0.15) is 76.3 Å². The zero-order chi connectivity index (χ0) is 18.5. The zero-order valence-corrected chi connectivity index (χ0v) is 16.7. The third-order valence-electron chi connectivity index (χ3n) is 4.94. The third kappa shape index (κ3) is 7.49. The molecule has 1 atom stereocenters. The Morgan fingerprint density at radius 2 is 1.56 bits per heavy atom. The largest absolute Gasteiger partial charge is 0.286 e. The van der Waals surface area contributed by atoms with E-state index >= 15 is 0 Å². The van der Waals surface area contributed by atoms with Crippen molar-refractivity contribution in [3.63, 3.8) is 0 Å². The van der Waals surface area contributed by atoms with Gasteiger partial charge in [-0.3, -0.25) is 4.90 Å². The molecule has 0 aliphatic carbocycles. The number of rotatable bonds is 13. The first-order chi connectivity index (χ1) is 12.2. The normalized spacial score (nSPS) is 12.1. The second-order valence-corrected chi connectivity index (χ2v) is 7.07. The van der Waals surface area contributed by atoms with Gasteiger partial charge in [0.2, 0.25) is 0 Å². The SMILES string of the molecule is C#CC(C(=C)c1ccccc1C)N(CCCCCC)CCCCCC. The molecular weight excluding hydrogens is 302 g/mol. The van der Waals surface area contributed by atoms with Crippen LogP contribution in [0, 0.1) is 19.3 Å². The quantitative estimate of drug-likeness (QED) is 0.294. The second-order valence-electron chi connectivity index (χ2n) is 7.07. The molecule has 1 nitrogen and oxygen atoms in total. The molecule has 0 saturated carbocycles. The Bertz CT molecular complexity index is 525. The minimum atomic E-state index is 0.00403. The van der Waals surface area contributed by atoms with E-state index in [0.29, 0.717) is 0 Å². The fourth-order valence-corrected chi connectivity index (χ4v) is 3.36. The molecule has 138 valence electrons. The van der Waals surface area contributed by atoms with Crippen molar-refractivity contribution in [3.05, 3.63) is 42.0 Å². The second kappa shape index (κ2) is 12.8. The molecule has 0 amide bonds. The summed E-state index contributed by atoms with van der Waals surface area (Å²) in [6, 6.07) is 8.44. The monoisotopic (exact) mass is 339 g/mol. The lowest BCUT2D eigenvalue weighted by Gasteiger charge is -2.30. The van der Waals surface area contributed by atoms with Gasteiger partial charge in [0.1, 0.15) is 0 Å². The molecule has 0 bridgehead atoms. The van der Waals surface area contributed by atoms with E-state index in [4.69, 9.17) is 6.42 Å². The molecule has 1 rings (SSSR count). The van der Waals surface area contributed by atoms with Crippen LogP contribution >= 0.6 is 0 Å². The number of benzene rings is 1. The van der Waals surface area contributed by atoms with Crippen LogP contribution in [0.15, 0.2) is 30.8 Å². The molecule has 0 radical (unpaired) electrons. The van der Waals surface area contributed by atoms with Gasteiger partial charge in [0.15, 0.2) is 0 Å². The molecule has 1 aromatic carbocycles. The molecule has 0 aliphatic rings. The van der Waals surface area contributed by atoms with Crippen LogP contribution < -0.4 is 0 Å². The van der Waals surface area contributed by atoms with E-state index in [-0.39, 0.29) is 6.04 Å². The summed E-state index contributed by atoms with van der Waals surface area (Å²) in [5, 5.41) is 0. The Kier molecular flexibility index (Phi) is 11.0. The van der Waals surface area contributed by atoms with Crippen LogP contribution in [0.4, 0.5) is 0 Å². The maximum Gasteiger partial charge on any atom is 0.0968 e. The molecular formula is C24H37N. The summed E-state index contributed by atoms with van der Waals surface area (Å²) >= 11 is 0. The molecule has 1 unspecified atom stereocenters. The van der Waals surface area contributed by atoms with Gasteiger partial charge < -0.3 is 0 Å². The van der Waals surface area contributed by atoms with Crippen LogP contribution in [-0.2, 0) is 0 Å². The van der Waals surface area contributed by atoms with Crippen molar-refractivity contribution in [1.82, 2.24) is 4.90 Å². The Morgan fingerprint density at radius 1 is 1.00 bits per heavy atom. The van der Waals surface area contributed by atoms with Crippen molar-refractivity contribution in [2.24, 2.45) is 0 Å². The van der Waals surface area contributed by atoms with E-state index in [1.807, 2.05) is 0 Å². The van der Waals surface area contributed by atoms with Crippen molar-refractivity contribution in [2.45, 2.75) is 78.2 Å². The standard InChI is InChI=1S/C24H37N/c1-6-9-11-15-19-25(20-16-12-10-7-2)24(8-3)22(5)23-18-14-13-17-21(23)4/h3,13-14,17-18,24H,5-7,9-12,15-16,19-20H2,1-2,4H3. The molecule has 1 aromatic rings. The summed E-state index contributed by atoms with van der Waals surface area (Å²) in [4.78, 5) is 2.49. The van der Waals surface area contributed by atoms with Gasteiger partial charge in [0.25, 0.3) is 0 Å². The van der Waals surface area contributed by atoms with Gasteiger partial charge in [-0.25, -0.2) is 0 Å². The van der Waals surface area contributed by atoms with Crippen LogP contribution in [0.25, 0.3) is 5.57 Å². The minimum absolute atomic E-state index is 0.00403. The summed E-state index contributed by atoms with van der Waals surface area (Å²) < 4.78 is 0. The van der Waals surface area contributed by atoms with Crippen molar-refractivity contribution < 1.29 is 0 Å². The highest BCUT2D eigenvalue weighted by Gasteiger charge is 2.20. The first-order valence-corrected chi connectivity index (χ1v) is 10.1. The highest BCUT2D eigenvalue weighted by atomic mass is 15.1. The van der Waals surface area contributed by atoms with Crippen LogP contribution in [-0.4, -0.2) is 24.0 Å². The van der Waals surface area contributed by atoms with Gasteiger partial charge in [-0.2, -0.15) is 0 Å². The van der Waals surface area contributed by atoms with Crippen LogP contribution in [0.5, 0.6) is 0 Å². The predicted molar refractivity (Wildman–Crippen MR) is 113 cm³/mol. The Labute approximate surface area is 156 Å². The fraction of sp³-hybridized carbons (Fsp3) is 0.583. The molecule has 0 saturated heterocycles. The molecule has 0 aromatic heterocycles. The van der Waals surface area contributed by atoms with E-state index < -0.39 is 0 Å². The van der Waals surface area contributed by atoms with Gasteiger partial charge in [-0.05, 0) is 49.6 Å². The number of nitrogens with zero attached hydrogens (tertiary/aromatic N) is 1. The highest BCUT2D eigenvalue weighted by molar-refractivity contribution is 5.72. The summed E-state index contributed by atoms with van der Waals surface area (Å²) in [6.07, 6.45) is 16.1. The number of unbranched alkanes of at least 4 members (excludes halogenated alkanes) is 6. The Balaban J connectivity index is 2.81. The summed E-state index contributed by atoms with van der Waals surface area (Å²) in [5.41, 5.74) is 3.54. The van der Waals surface area contributed by atoms with Gasteiger partial charge in [-0.15, -0.1) is 6.42 Å². The maximum absolute atomic E-state index is 5.97. The van der Waals surface area contributed by atoms with Crippen molar-refractivity contribution in [1.29, 1.82) is 0 Å². The molecule has 0 fully saturated rings. The fourth-order valence-electron chi connectivity index (χ4n) is 3.36. The van der Waals surface area contributed by atoms with Crippen LogP contribution in [0.2, 0.25) is 0 Å². The molecule has 1 heteroatoms. The van der Waals surface area contributed by atoms with Gasteiger partial charge >= 0.3 is 0 Å². The predicted octanol–water partition coefficient (Wildman–Crippen LogP) is 6.47. The van der Waals surface area contributed by atoms with E-state index in [9.17, 15) is 0 Å². The van der Waals surface area contributed by atoms with Crippen molar-refractivity contribution >= 4 is 5.57 Å². The van der Waals surface area contributed by atoms with E-state index in [2.05, 4.69) is 62.4 Å². The summed E-state index contributed by atoms with van der Waals surface area (Å²) in [5.74, 6) is 3.04. The maximum atomic E-state index is 5.97. The van der Waals surface area contributed by atoms with E-state index in [1.54, 1.807) is 0 Å². The number of terminal acetylenes is 1. The Morgan fingerprint density at radius 3 is 2.04 bits per heavy atom. The van der Waals surface area contributed by atoms with E-state index in [1.165, 1.54) is 62.5 Å². The van der Waals surface area contributed by atoms with Gasteiger partial charge in [-0.1, -0.05) is 89.1 Å². The number of hydrogen-bond acceptors (Lipinski definition) is 1. The lowest BCUT2D eigenvalue weighted by Crippen LogP contribution is -2.36. The summed E-state index contributed by atoms with van der Waals surface area (Å²) in [6.45, 7) is 13.2. The minimum Gasteiger partial charge on any atom is -0.286 e. The average molecular weight is 340 g/mol. The molecule has 0 N–H and O–H groups in total. The molecule has 0 heterocycles.